The van der Waals surface area contributed by atoms with Crippen molar-refractivity contribution in [3.05, 3.63) is 46.8 Å². The van der Waals surface area contributed by atoms with E-state index in [1.165, 1.54) is 15.6 Å². The fourth-order valence-corrected chi connectivity index (χ4v) is 6.10. The maximum Gasteiger partial charge on any atom is 0.252 e. The number of Topliss-reactive ketones (excluding diaryl/α,β-unsaturated/α-hetero) is 1. The minimum absolute atomic E-state index is 0.0575. The fourth-order valence-electron chi connectivity index (χ4n) is 3.51. The predicted molar refractivity (Wildman–Crippen MR) is 95.8 cm³/mol. The Morgan fingerprint density at radius 1 is 1.23 bits per heavy atom. The zero-order chi connectivity index (χ0) is 18.4. The molecule has 4 rings (SSSR count). The molecule has 6 nitrogen and oxygen atoms in total. The third kappa shape index (κ3) is 2.82. The molecule has 0 unspecified atom stereocenters. The zero-order valence-corrected chi connectivity index (χ0v) is 15.5. The van der Waals surface area contributed by atoms with Gasteiger partial charge in [-0.25, -0.2) is 8.42 Å². The molecule has 26 heavy (non-hydrogen) atoms. The molecule has 0 N–H and O–H groups in total. The van der Waals surface area contributed by atoms with Crippen molar-refractivity contribution >= 4 is 27.1 Å². The van der Waals surface area contributed by atoms with Crippen LogP contribution in [0.25, 0.3) is 0 Å². The van der Waals surface area contributed by atoms with Gasteiger partial charge < -0.3 is 4.74 Å². The number of benzene rings is 1. The number of fused-ring (bicyclic) bond motifs is 1. The van der Waals surface area contributed by atoms with Crippen molar-refractivity contribution in [3.63, 3.8) is 0 Å². The number of ketones is 1. The fraction of sp³-hybridized carbons (Fsp3) is 0.333. The van der Waals surface area contributed by atoms with E-state index in [0.29, 0.717) is 47.0 Å². The molecule has 0 saturated carbocycles. The molecule has 0 bridgehead atoms. The first-order valence-electron chi connectivity index (χ1n) is 8.24. The highest BCUT2D eigenvalue weighted by Crippen LogP contribution is 2.40. The van der Waals surface area contributed by atoms with Crippen molar-refractivity contribution in [2.45, 2.75) is 29.1 Å². The molecule has 1 aromatic heterocycles. The lowest BCUT2D eigenvalue weighted by atomic mass is 9.83. The van der Waals surface area contributed by atoms with Gasteiger partial charge in [0.1, 0.15) is 15.6 Å². The summed E-state index contributed by atoms with van der Waals surface area (Å²) >= 11 is 1.20. The summed E-state index contributed by atoms with van der Waals surface area (Å²) in [6, 6.07) is 10.2. The van der Waals surface area contributed by atoms with E-state index < -0.39 is 15.6 Å². The highest BCUT2D eigenvalue weighted by molar-refractivity contribution is 7.91. The number of hydrogen-bond acceptors (Lipinski definition) is 6. The summed E-state index contributed by atoms with van der Waals surface area (Å²) in [7, 11) is -3.48. The minimum atomic E-state index is -3.48. The standard InChI is InChI=1S/C18H16N2O4S2/c19-12-13-3-4-16-14(10-13)15(21)11-18(24-16)5-7-20(8-6-18)26(22,23)17-2-1-9-25-17/h1-4,9-10H,5-8,11H2. The lowest BCUT2D eigenvalue weighted by molar-refractivity contribution is 0.00593. The van der Waals surface area contributed by atoms with Gasteiger partial charge in [0.25, 0.3) is 10.0 Å². The number of ether oxygens (including phenoxy) is 1. The molecule has 134 valence electrons. The first kappa shape index (κ1) is 17.2. The van der Waals surface area contributed by atoms with Gasteiger partial charge in [-0.15, -0.1) is 11.3 Å². The van der Waals surface area contributed by atoms with Gasteiger partial charge >= 0.3 is 0 Å². The van der Waals surface area contributed by atoms with Crippen LogP contribution < -0.4 is 4.74 Å². The van der Waals surface area contributed by atoms with Gasteiger partial charge in [0.05, 0.1) is 23.6 Å². The van der Waals surface area contributed by atoms with Crippen LogP contribution in [0.1, 0.15) is 35.2 Å². The maximum atomic E-state index is 12.7. The van der Waals surface area contributed by atoms with Gasteiger partial charge in [-0.1, -0.05) is 6.07 Å². The lowest BCUT2D eigenvalue weighted by Gasteiger charge is -2.43. The topological polar surface area (TPSA) is 87.5 Å². The molecule has 1 saturated heterocycles. The largest absolute Gasteiger partial charge is 0.486 e. The van der Waals surface area contributed by atoms with Crippen LogP contribution in [0.2, 0.25) is 0 Å². The van der Waals surface area contributed by atoms with E-state index in [1.807, 2.05) is 6.07 Å². The second-order valence-corrected chi connectivity index (χ2v) is 9.66. The molecular weight excluding hydrogens is 372 g/mol. The van der Waals surface area contributed by atoms with Crippen molar-refractivity contribution < 1.29 is 17.9 Å². The quantitative estimate of drug-likeness (QED) is 0.789. The van der Waals surface area contributed by atoms with Crippen molar-refractivity contribution in [1.82, 2.24) is 4.31 Å². The van der Waals surface area contributed by atoms with Gasteiger partial charge in [0.15, 0.2) is 5.78 Å². The molecule has 8 heteroatoms. The van der Waals surface area contributed by atoms with Gasteiger partial charge in [0, 0.05) is 25.9 Å². The number of rotatable bonds is 2. The third-order valence-electron chi connectivity index (χ3n) is 4.94. The zero-order valence-electron chi connectivity index (χ0n) is 13.8. The van der Waals surface area contributed by atoms with Crippen LogP contribution in [0.4, 0.5) is 0 Å². The normalized spacial score (nSPS) is 19.6. The van der Waals surface area contributed by atoms with E-state index in [0.717, 1.165) is 0 Å². The Kier molecular flexibility index (Phi) is 4.10. The molecule has 0 atom stereocenters. The molecule has 0 radical (unpaired) electrons. The van der Waals surface area contributed by atoms with Gasteiger partial charge in [-0.2, -0.15) is 9.57 Å². The average Bonchev–Trinajstić information content (AvgIpc) is 3.17. The second kappa shape index (κ2) is 6.20. The summed E-state index contributed by atoms with van der Waals surface area (Å²) < 4.78 is 33.2. The van der Waals surface area contributed by atoms with E-state index in [1.54, 1.807) is 35.7 Å². The first-order valence-corrected chi connectivity index (χ1v) is 10.6. The number of carbonyl (C=O) groups excluding carboxylic acids is 1. The van der Waals surface area contributed by atoms with Crippen molar-refractivity contribution in [3.8, 4) is 11.8 Å². The number of hydrogen-bond donors (Lipinski definition) is 0. The SMILES string of the molecule is N#Cc1ccc2c(c1)C(=O)CC1(CCN(S(=O)(=O)c3cccs3)CC1)O2. The summed E-state index contributed by atoms with van der Waals surface area (Å²) in [4.78, 5) is 12.6. The van der Waals surface area contributed by atoms with Crippen LogP contribution >= 0.6 is 11.3 Å². The molecule has 3 heterocycles. The molecular formula is C18H16N2O4S2. The molecule has 0 amide bonds. The monoisotopic (exact) mass is 388 g/mol. The summed E-state index contributed by atoms with van der Waals surface area (Å²) in [6.45, 7) is 0.637. The van der Waals surface area contributed by atoms with E-state index in [4.69, 9.17) is 10.00 Å². The number of piperidine rings is 1. The number of sulfonamides is 1. The Labute approximate surface area is 155 Å². The van der Waals surface area contributed by atoms with Gasteiger partial charge in [-0.05, 0) is 29.6 Å². The Balaban J connectivity index is 1.54. The average molecular weight is 388 g/mol. The summed E-state index contributed by atoms with van der Waals surface area (Å²) in [6.07, 6.45) is 1.13. The highest BCUT2D eigenvalue weighted by atomic mass is 32.2. The molecule has 1 aromatic carbocycles. The lowest BCUT2D eigenvalue weighted by Crippen LogP contribution is -2.52. The van der Waals surface area contributed by atoms with Crippen molar-refractivity contribution in [2.75, 3.05) is 13.1 Å². The van der Waals surface area contributed by atoms with Crippen LogP contribution in [-0.2, 0) is 10.0 Å². The van der Waals surface area contributed by atoms with E-state index in [9.17, 15) is 13.2 Å². The van der Waals surface area contributed by atoms with Gasteiger partial charge in [-0.3, -0.25) is 4.79 Å². The van der Waals surface area contributed by atoms with E-state index in [2.05, 4.69) is 0 Å². The Morgan fingerprint density at radius 3 is 2.65 bits per heavy atom. The smallest absolute Gasteiger partial charge is 0.252 e. The van der Waals surface area contributed by atoms with Crippen molar-refractivity contribution in [2.24, 2.45) is 0 Å². The van der Waals surface area contributed by atoms with Crippen LogP contribution in [0, 0.1) is 11.3 Å². The predicted octanol–water partition coefficient (Wildman–Crippen LogP) is 2.81. The van der Waals surface area contributed by atoms with E-state index in [-0.39, 0.29) is 12.2 Å². The molecule has 2 aliphatic heterocycles. The summed E-state index contributed by atoms with van der Waals surface area (Å²) in [5, 5.41) is 10.7. The number of nitriles is 1. The van der Waals surface area contributed by atoms with E-state index >= 15 is 0 Å². The molecule has 0 aliphatic carbocycles. The van der Waals surface area contributed by atoms with Crippen molar-refractivity contribution in [1.29, 1.82) is 5.26 Å². The Hall–Kier alpha value is -2.21. The summed E-state index contributed by atoms with van der Waals surface area (Å²) in [5.41, 5.74) is 0.191. The molecule has 2 aromatic rings. The summed E-state index contributed by atoms with van der Waals surface area (Å²) in [5.74, 6) is 0.424. The third-order valence-corrected chi connectivity index (χ3v) is 8.21. The molecule has 2 aliphatic rings. The number of thiophene rings is 1. The Morgan fingerprint density at radius 2 is 2.00 bits per heavy atom. The second-order valence-electron chi connectivity index (χ2n) is 6.54. The minimum Gasteiger partial charge on any atom is -0.486 e. The highest BCUT2D eigenvalue weighted by Gasteiger charge is 2.45. The first-order chi connectivity index (χ1) is 12.4. The Bertz CT molecular complexity index is 998. The molecule has 1 spiro atoms. The van der Waals surface area contributed by atoms with Crippen LogP contribution in [-0.4, -0.2) is 37.2 Å². The molecule has 1 fully saturated rings. The maximum absolute atomic E-state index is 12.7. The van der Waals surface area contributed by atoms with Crippen LogP contribution in [0.5, 0.6) is 5.75 Å². The van der Waals surface area contributed by atoms with Gasteiger partial charge in [0.2, 0.25) is 0 Å². The number of nitrogens with zero attached hydrogens (tertiary/aromatic N) is 2. The van der Waals surface area contributed by atoms with Crippen LogP contribution in [0.15, 0.2) is 39.9 Å². The number of carbonyl (C=O) groups is 1. The van der Waals surface area contributed by atoms with Crippen LogP contribution in [0.3, 0.4) is 0 Å².